The molecule has 0 bridgehead atoms. The number of carboxylic acids is 1. The van der Waals surface area contributed by atoms with Gasteiger partial charge in [0.1, 0.15) is 0 Å². The molecule has 6 heteroatoms. The summed E-state index contributed by atoms with van der Waals surface area (Å²) in [6.07, 6.45) is 2.34. The molecule has 1 atom stereocenters. The molecule has 0 radical (unpaired) electrons. The molecule has 0 amide bonds. The summed E-state index contributed by atoms with van der Waals surface area (Å²) in [6.45, 7) is 0.586. The SMILES string of the molecule is N#Cc1ccc(CCNC(C(=O)c2c[nH]c3cc(CC(=O)O)ccc23)c2ccccc2)cc1. The highest BCUT2D eigenvalue weighted by Gasteiger charge is 2.24. The van der Waals surface area contributed by atoms with Gasteiger partial charge >= 0.3 is 5.97 Å². The van der Waals surface area contributed by atoms with Gasteiger partial charge in [-0.05, 0) is 41.3 Å². The summed E-state index contributed by atoms with van der Waals surface area (Å²) in [5.41, 5.74) is 4.55. The van der Waals surface area contributed by atoms with Gasteiger partial charge in [0.05, 0.1) is 24.1 Å². The third kappa shape index (κ3) is 5.17. The third-order valence-electron chi connectivity index (χ3n) is 5.61. The Labute approximate surface area is 191 Å². The molecule has 0 saturated heterocycles. The first-order valence-corrected chi connectivity index (χ1v) is 10.7. The molecule has 0 fully saturated rings. The Balaban J connectivity index is 1.56. The molecule has 164 valence electrons. The molecule has 3 N–H and O–H groups in total. The minimum Gasteiger partial charge on any atom is -0.481 e. The van der Waals surface area contributed by atoms with Crippen molar-refractivity contribution in [2.75, 3.05) is 6.54 Å². The molecule has 4 rings (SSSR count). The number of hydrogen-bond donors (Lipinski definition) is 3. The van der Waals surface area contributed by atoms with Crippen molar-refractivity contribution in [3.63, 3.8) is 0 Å². The predicted molar refractivity (Wildman–Crippen MR) is 126 cm³/mol. The maximum atomic E-state index is 13.6. The van der Waals surface area contributed by atoms with Crippen LogP contribution in [0.3, 0.4) is 0 Å². The number of Topliss-reactive ketones (excluding diaryl/α,β-unsaturated/α-hetero) is 1. The van der Waals surface area contributed by atoms with E-state index >= 15 is 0 Å². The number of hydrogen-bond acceptors (Lipinski definition) is 4. The number of aromatic amines is 1. The largest absolute Gasteiger partial charge is 0.481 e. The Morgan fingerprint density at radius 1 is 1.00 bits per heavy atom. The van der Waals surface area contributed by atoms with Gasteiger partial charge in [-0.2, -0.15) is 5.26 Å². The van der Waals surface area contributed by atoms with Gasteiger partial charge in [0.25, 0.3) is 0 Å². The van der Waals surface area contributed by atoms with E-state index in [0.717, 1.165) is 28.5 Å². The average molecular weight is 437 g/mol. The van der Waals surface area contributed by atoms with Gasteiger partial charge in [-0.1, -0.05) is 54.6 Å². The van der Waals surface area contributed by atoms with Gasteiger partial charge in [-0.25, -0.2) is 0 Å². The Morgan fingerprint density at radius 3 is 2.42 bits per heavy atom. The zero-order valence-corrected chi connectivity index (χ0v) is 17.9. The molecular formula is C27H23N3O3. The summed E-state index contributed by atoms with van der Waals surface area (Å²) in [5.74, 6) is -0.953. The van der Waals surface area contributed by atoms with E-state index in [0.29, 0.717) is 23.2 Å². The van der Waals surface area contributed by atoms with Crippen LogP contribution in [0.25, 0.3) is 10.9 Å². The number of fused-ring (bicyclic) bond motifs is 1. The number of aliphatic carboxylic acids is 1. The maximum Gasteiger partial charge on any atom is 0.307 e. The van der Waals surface area contributed by atoms with Crippen LogP contribution in [0.15, 0.2) is 79.0 Å². The lowest BCUT2D eigenvalue weighted by atomic mass is 9.96. The van der Waals surface area contributed by atoms with Crippen molar-refractivity contribution in [1.82, 2.24) is 10.3 Å². The number of ketones is 1. The van der Waals surface area contributed by atoms with Gasteiger partial charge in [-0.3, -0.25) is 9.59 Å². The molecule has 0 aliphatic rings. The predicted octanol–water partition coefficient (Wildman–Crippen LogP) is 4.42. The highest BCUT2D eigenvalue weighted by atomic mass is 16.4. The van der Waals surface area contributed by atoms with Gasteiger partial charge in [0.15, 0.2) is 5.78 Å². The summed E-state index contributed by atoms with van der Waals surface area (Å²) in [6, 6.07) is 23.9. The normalized spacial score (nSPS) is 11.7. The number of carbonyl (C=O) groups excluding carboxylic acids is 1. The Kier molecular flexibility index (Phi) is 6.63. The van der Waals surface area contributed by atoms with Crippen molar-refractivity contribution < 1.29 is 14.7 Å². The van der Waals surface area contributed by atoms with Crippen molar-refractivity contribution >= 4 is 22.7 Å². The fraction of sp³-hybridized carbons (Fsp3) is 0.148. The quantitative estimate of drug-likeness (QED) is 0.336. The number of nitrogens with one attached hydrogen (secondary N) is 2. The zero-order chi connectivity index (χ0) is 23.2. The van der Waals surface area contributed by atoms with E-state index in [9.17, 15) is 9.59 Å². The van der Waals surface area contributed by atoms with Crippen LogP contribution in [0.4, 0.5) is 0 Å². The standard InChI is InChI=1S/C27H23N3O3/c28-16-19-8-6-18(7-9-19)12-13-29-26(21-4-2-1-3-5-21)27(33)23-17-30-24-14-20(15-25(31)32)10-11-22(23)24/h1-11,14,17,26,29-30H,12-13,15H2,(H,31,32). The lowest BCUT2D eigenvalue weighted by Crippen LogP contribution is -2.30. The van der Waals surface area contributed by atoms with E-state index in [1.807, 2.05) is 42.5 Å². The van der Waals surface area contributed by atoms with Crippen LogP contribution >= 0.6 is 0 Å². The topological polar surface area (TPSA) is 106 Å². The highest BCUT2D eigenvalue weighted by Crippen LogP contribution is 2.26. The Hall–Kier alpha value is -4.21. The number of carbonyl (C=O) groups is 2. The van der Waals surface area contributed by atoms with E-state index in [2.05, 4.69) is 16.4 Å². The second-order valence-electron chi connectivity index (χ2n) is 7.87. The number of H-pyrrole nitrogens is 1. The van der Waals surface area contributed by atoms with Gasteiger partial charge in [0.2, 0.25) is 0 Å². The van der Waals surface area contributed by atoms with Crippen molar-refractivity contribution in [2.24, 2.45) is 0 Å². The van der Waals surface area contributed by atoms with Crippen molar-refractivity contribution in [3.8, 4) is 6.07 Å². The van der Waals surface area contributed by atoms with E-state index < -0.39 is 12.0 Å². The molecule has 33 heavy (non-hydrogen) atoms. The lowest BCUT2D eigenvalue weighted by Gasteiger charge is -2.18. The van der Waals surface area contributed by atoms with Crippen molar-refractivity contribution in [1.29, 1.82) is 5.26 Å². The van der Waals surface area contributed by atoms with E-state index in [1.54, 1.807) is 36.5 Å². The summed E-state index contributed by atoms with van der Waals surface area (Å²) in [5, 5.41) is 22.2. The Morgan fingerprint density at radius 2 is 1.73 bits per heavy atom. The summed E-state index contributed by atoms with van der Waals surface area (Å²) < 4.78 is 0. The van der Waals surface area contributed by atoms with Crippen LogP contribution in [0, 0.1) is 11.3 Å². The number of nitrogens with zero attached hydrogens (tertiary/aromatic N) is 1. The molecule has 0 aliphatic carbocycles. The first kappa shape index (κ1) is 22.0. The second-order valence-corrected chi connectivity index (χ2v) is 7.87. The number of benzene rings is 3. The molecule has 0 saturated carbocycles. The molecular weight excluding hydrogens is 414 g/mol. The van der Waals surface area contributed by atoms with Crippen LogP contribution in [-0.4, -0.2) is 28.4 Å². The maximum absolute atomic E-state index is 13.6. The van der Waals surface area contributed by atoms with Crippen LogP contribution in [0.5, 0.6) is 0 Å². The van der Waals surface area contributed by atoms with Crippen LogP contribution in [0.1, 0.15) is 38.7 Å². The molecule has 6 nitrogen and oxygen atoms in total. The molecule has 0 aliphatic heterocycles. The third-order valence-corrected chi connectivity index (χ3v) is 5.61. The smallest absolute Gasteiger partial charge is 0.307 e. The molecule has 0 spiro atoms. The van der Waals surface area contributed by atoms with Gasteiger partial charge in [-0.15, -0.1) is 0 Å². The van der Waals surface area contributed by atoms with Crippen LogP contribution in [-0.2, 0) is 17.6 Å². The summed E-state index contributed by atoms with van der Waals surface area (Å²) in [7, 11) is 0. The van der Waals surface area contributed by atoms with Crippen molar-refractivity contribution in [3.05, 3.63) is 107 Å². The fourth-order valence-corrected chi connectivity index (χ4v) is 3.93. The summed E-state index contributed by atoms with van der Waals surface area (Å²) >= 11 is 0. The number of aromatic nitrogens is 1. The number of rotatable bonds is 9. The van der Waals surface area contributed by atoms with Gasteiger partial charge < -0.3 is 15.4 Å². The van der Waals surface area contributed by atoms with Crippen molar-refractivity contribution in [2.45, 2.75) is 18.9 Å². The second kappa shape index (κ2) is 9.94. The number of nitriles is 1. The van der Waals surface area contributed by atoms with E-state index in [-0.39, 0.29) is 12.2 Å². The summed E-state index contributed by atoms with van der Waals surface area (Å²) in [4.78, 5) is 27.7. The molecule has 3 aromatic carbocycles. The minimum atomic E-state index is -0.896. The average Bonchev–Trinajstić information content (AvgIpc) is 3.25. The molecule has 1 unspecified atom stereocenters. The van der Waals surface area contributed by atoms with E-state index in [1.165, 1.54) is 0 Å². The molecule has 1 heterocycles. The first-order chi connectivity index (χ1) is 16.0. The molecule has 4 aromatic rings. The highest BCUT2D eigenvalue weighted by molar-refractivity contribution is 6.10. The number of carboxylic acid groups (broad SMARTS) is 1. The Bertz CT molecular complexity index is 1320. The van der Waals surface area contributed by atoms with Crippen LogP contribution < -0.4 is 5.32 Å². The molecule has 1 aromatic heterocycles. The minimum absolute atomic E-state index is 0.0572. The van der Waals surface area contributed by atoms with E-state index in [4.69, 9.17) is 10.4 Å². The zero-order valence-electron chi connectivity index (χ0n) is 17.9. The van der Waals surface area contributed by atoms with Crippen LogP contribution in [0.2, 0.25) is 0 Å². The van der Waals surface area contributed by atoms with Gasteiger partial charge in [0, 0.05) is 29.2 Å². The first-order valence-electron chi connectivity index (χ1n) is 10.7. The monoisotopic (exact) mass is 437 g/mol. The fourth-order valence-electron chi connectivity index (χ4n) is 3.93. The lowest BCUT2D eigenvalue weighted by molar-refractivity contribution is -0.136.